The minimum atomic E-state index is -1.04. The summed E-state index contributed by atoms with van der Waals surface area (Å²) in [4.78, 5) is 25.9. The number of rotatable bonds is 7. The lowest BCUT2D eigenvalue weighted by atomic mass is 10.0. The fraction of sp³-hybridized carbons (Fsp3) is 0.185. The van der Waals surface area contributed by atoms with Crippen molar-refractivity contribution < 1.29 is 28.5 Å². The molecule has 1 N–H and O–H groups in total. The number of fused-ring (bicyclic) bond motifs is 1. The van der Waals surface area contributed by atoms with E-state index in [9.17, 15) is 9.59 Å². The van der Waals surface area contributed by atoms with Crippen LogP contribution in [0.1, 0.15) is 18.1 Å². The van der Waals surface area contributed by atoms with E-state index in [1.807, 2.05) is 54.6 Å². The van der Waals surface area contributed by atoms with Crippen LogP contribution >= 0.6 is 0 Å². The van der Waals surface area contributed by atoms with Crippen molar-refractivity contribution in [1.29, 1.82) is 0 Å². The number of para-hydroxylation sites is 1. The molecule has 1 aliphatic heterocycles. The highest BCUT2D eigenvalue weighted by Gasteiger charge is 2.23. The number of anilines is 1. The lowest BCUT2D eigenvalue weighted by Gasteiger charge is -2.20. The summed E-state index contributed by atoms with van der Waals surface area (Å²) in [7, 11) is 1.57. The molecule has 3 aromatic carbocycles. The van der Waals surface area contributed by atoms with Gasteiger partial charge in [0.25, 0.3) is 5.91 Å². The van der Waals surface area contributed by atoms with Gasteiger partial charge in [0.15, 0.2) is 17.6 Å². The largest absolute Gasteiger partial charge is 0.496 e. The summed E-state index contributed by atoms with van der Waals surface area (Å²) < 4.78 is 22.0. The van der Waals surface area contributed by atoms with E-state index in [0.29, 0.717) is 52.8 Å². The Bertz CT molecular complexity index is 1200. The number of amides is 1. The molecule has 0 fully saturated rings. The van der Waals surface area contributed by atoms with Gasteiger partial charge in [0.05, 0.1) is 12.7 Å². The SMILES string of the molecule is COc1ccccc1/C=C(/C(=O)OC(C)C(=O)Nc1ccc2c(c1)OCCO2)c1ccccc1. The van der Waals surface area contributed by atoms with E-state index >= 15 is 0 Å². The predicted octanol–water partition coefficient (Wildman–Crippen LogP) is 4.58. The molecule has 174 valence electrons. The molecule has 0 saturated heterocycles. The van der Waals surface area contributed by atoms with Gasteiger partial charge in [-0.05, 0) is 36.8 Å². The van der Waals surface area contributed by atoms with Crippen LogP contribution in [0.4, 0.5) is 5.69 Å². The fourth-order valence-electron chi connectivity index (χ4n) is 3.46. The summed E-state index contributed by atoms with van der Waals surface area (Å²) in [5.41, 5.74) is 2.21. The maximum Gasteiger partial charge on any atom is 0.339 e. The van der Waals surface area contributed by atoms with Crippen LogP contribution in [-0.4, -0.2) is 38.3 Å². The van der Waals surface area contributed by atoms with Crippen molar-refractivity contribution in [3.8, 4) is 17.2 Å². The van der Waals surface area contributed by atoms with E-state index in [4.69, 9.17) is 18.9 Å². The molecule has 0 bridgehead atoms. The molecule has 1 amide bonds. The zero-order valence-electron chi connectivity index (χ0n) is 18.9. The van der Waals surface area contributed by atoms with E-state index in [-0.39, 0.29) is 0 Å². The molecular formula is C27H25NO6. The number of esters is 1. The van der Waals surface area contributed by atoms with Crippen LogP contribution in [0.15, 0.2) is 72.8 Å². The van der Waals surface area contributed by atoms with Crippen LogP contribution in [-0.2, 0) is 14.3 Å². The second-order valence-electron chi connectivity index (χ2n) is 7.56. The number of carbonyl (C=O) groups is 2. The average molecular weight is 459 g/mol. The Labute approximate surface area is 197 Å². The lowest BCUT2D eigenvalue weighted by Crippen LogP contribution is -2.30. The van der Waals surface area contributed by atoms with Crippen molar-refractivity contribution in [2.75, 3.05) is 25.6 Å². The number of nitrogens with one attached hydrogen (secondary N) is 1. The van der Waals surface area contributed by atoms with Crippen LogP contribution in [0.5, 0.6) is 17.2 Å². The van der Waals surface area contributed by atoms with Gasteiger partial charge < -0.3 is 24.3 Å². The second-order valence-corrected chi connectivity index (χ2v) is 7.56. The van der Waals surface area contributed by atoms with Crippen molar-refractivity contribution in [3.63, 3.8) is 0 Å². The maximum atomic E-state index is 13.2. The smallest absolute Gasteiger partial charge is 0.339 e. The Kier molecular flexibility index (Phi) is 7.13. The van der Waals surface area contributed by atoms with E-state index < -0.39 is 18.0 Å². The van der Waals surface area contributed by atoms with Gasteiger partial charge in [-0.25, -0.2) is 4.79 Å². The maximum absolute atomic E-state index is 13.2. The van der Waals surface area contributed by atoms with E-state index in [1.165, 1.54) is 6.92 Å². The van der Waals surface area contributed by atoms with Crippen molar-refractivity contribution in [2.24, 2.45) is 0 Å². The van der Waals surface area contributed by atoms with Gasteiger partial charge in [-0.2, -0.15) is 0 Å². The molecule has 0 spiro atoms. The average Bonchev–Trinajstić information content (AvgIpc) is 2.87. The zero-order valence-corrected chi connectivity index (χ0v) is 18.9. The summed E-state index contributed by atoms with van der Waals surface area (Å²) in [6.45, 7) is 2.45. The highest BCUT2D eigenvalue weighted by Crippen LogP contribution is 2.32. The van der Waals surface area contributed by atoms with Crippen LogP contribution in [0.3, 0.4) is 0 Å². The van der Waals surface area contributed by atoms with Crippen LogP contribution < -0.4 is 19.5 Å². The first-order valence-corrected chi connectivity index (χ1v) is 10.9. The van der Waals surface area contributed by atoms with Gasteiger partial charge in [0, 0.05) is 17.3 Å². The molecule has 4 rings (SSSR count). The molecule has 1 atom stereocenters. The molecule has 0 radical (unpaired) electrons. The highest BCUT2D eigenvalue weighted by atomic mass is 16.6. The van der Waals surface area contributed by atoms with Gasteiger partial charge in [0.2, 0.25) is 0 Å². The first kappa shape index (κ1) is 22.9. The molecule has 1 unspecified atom stereocenters. The summed E-state index contributed by atoms with van der Waals surface area (Å²) in [6, 6.07) is 21.6. The zero-order chi connectivity index (χ0) is 23.9. The van der Waals surface area contributed by atoms with Gasteiger partial charge in [-0.15, -0.1) is 0 Å². The van der Waals surface area contributed by atoms with Crippen molar-refractivity contribution >= 4 is 29.2 Å². The molecule has 34 heavy (non-hydrogen) atoms. The number of hydrogen-bond acceptors (Lipinski definition) is 6. The van der Waals surface area contributed by atoms with Gasteiger partial charge >= 0.3 is 5.97 Å². The fourth-order valence-corrected chi connectivity index (χ4v) is 3.46. The second kappa shape index (κ2) is 10.6. The normalized spacial score (nSPS) is 13.5. The number of benzene rings is 3. The Balaban J connectivity index is 1.52. The molecule has 3 aromatic rings. The highest BCUT2D eigenvalue weighted by molar-refractivity contribution is 6.22. The monoisotopic (exact) mass is 459 g/mol. The first-order chi connectivity index (χ1) is 16.5. The topological polar surface area (TPSA) is 83.1 Å². The van der Waals surface area contributed by atoms with Crippen molar-refractivity contribution in [3.05, 3.63) is 83.9 Å². The molecular weight excluding hydrogens is 434 g/mol. The summed E-state index contributed by atoms with van der Waals surface area (Å²) in [6.07, 6.45) is 0.660. The Morgan fingerprint density at radius 1 is 0.941 bits per heavy atom. The predicted molar refractivity (Wildman–Crippen MR) is 129 cm³/mol. The molecule has 0 saturated carbocycles. The summed E-state index contributed by atoms with van der Waals surface area (Å²) in [5.74, 6) is 0.710. The third kappa shape index (κ3) is 5.38. The summed E-state index contributed by atoms with van der Waals surface area (Å²) >= 11 is 0. The van der Waals surface area contributed by atoms with E-state index in [1.54, 1.807) is 31.4 Å². The quantitative estimate of drug-likeness (QED) is 0.316. The minimum absolute atomic E-state index is 0.309. The van der Waals surface area contributed by atoms with Crippen LogP contribution in [0, 0.1) is 0 Å². The van der Waals surface area contributed by atoms with Crippen molar-refractivity contribution in [1.82, 2.24) is 0 Å². The summed E-state index contributed by atoms with van der Waals surface area (Å²) in [5, 5.41) is 2.75. The Hall–Kier alpha value is -4.26. The minimum Gasteiger partial charge on any atom is -0.496 e. The molecule has 7 nitrogen and oxygen atoms in total. The van der Waals surface area contributed by atoms with E-state index in [2.05, 4.69) is 5.32 Å². The third-order valence-corrected chi connectivity index (χ3v) is 5.21. The van der Waals surface area contributed by atoms with E-state index in [0.717, 1.165) is 0 Å². The Morgan fingerprint density at radius 2 is 1.65 bits per heavy atom. The first-order valence-electron chi connectivity index (χ1n) is 10.9. The number of carbonyl (C=O) groups excluding carboxylic acids is 2. The van der Waals surface area contributed by atoms with Crippen LogP contribution in [0.25, 0.3) is 11.6 Å². The molecule has 1 aliphatic rings. The van der Waals surface area contributed by atoms with Gasteiger partial charge in [-0.3, -0.25) is 4.79 Å². The Morgan fingerprint density at radius 3 is 2.41 bits per heavy atom. The van der Waals surface area contributed by atoms with Crippen LogP contribution in [0.2, 0.25) is 0 Å². The number of hydrogen-bond donors (Lipinski definition) is 1. The lowest BCUT2D eigenvalue weighted by molar-refractivity contribution is -0.147. The standard InChI is InChI=1S/C27H25NO6/c1-18(26(29)28-21-12-13-24-25(17-21)33-15-14-32-24)34-27(30)22(19-8-4-3-5-9-19)16-20-10-6-7-11-23(20)31-2/h3-13,16-18H,14-15H2,1-2H3,(H,28,29)/b22-16+. The molecule has 0 aromatic heterocycles. The van der Waals surface area contributed by atoms with Gasteiger partial charge in [0.1, 0.15) is 19.0 Å². The third-order valence-electron chi connectivity index (χ3n) is 5.21. The molecule has 1 heterocycles. The molecule has 0 aliphatic carbocycles. The molecule has 7 heteroatoms. The number of methoxy groups -OCH3 is 1. The van der Waals surface area contributed by atoms with Crippen molar-refractivity contribution in [2.45, 2.75) is 13.0 Å². The number of ether oxygens (including phenoxy) is 4. The van der Waals surface area contributed by atoms with Gasteiger partial charge in [-0.1, -0.05) is 48.5 Å².